The van der Waals surface area contributed by atoms with Crippen LogP contribution in [0.4, 0.5) is 0 Å². The van der Waals surface area contributed by atoms with Gasteiger partial charge in [-0.25, -0.2) is 0 Å². The second-order valence-electron chi connectivity index (χ2n) is 3.30. The Labute approximate surface area is 79.7 Å². The van der Waals surface area contributed by atoms with Crippen molar-refractivity contribution in [1.82, 2.24) is 0 Å². The summed E-state index contributed by atoms with van der Waals surface area (Å²) >= 11 is 0. The molecule has 2 unspecified atom stereocenters. The minimum Gasteiger partial charge on any atom is -0.481 e. The van der Waals surface area contributed by atoms with E-state index in [1.165, 1.54) is 0 Å². The van der Waals surface area contributed by atoms with Gasteiger partial charge in [0.25, 0.3) is 0 Å². The van der Waals surface area contributed by atoms with Crippen LogP contribution in [0.1, 0.15) is 6.42 Å². The fourth-order valence-electron chi connectivity index (χ4n) is 1.44. The Kier molecular flexibility index (Phi) is 3.07. The summed E-state index contributed by atoms with van der Waals surface area (Å²) in [5, 5.41) is 35.9. The van der Waals surface area contributed by atoms with Crippen molar-refractivity contribution in [2.45, 2.75) is 30.5 Å². The van der Waals surface area contributed by atoms with Crippen LogP contribution in [0.5, 0.6) is 0 Å². The first-order valence-corrected chi connectivity index (χ1v) is 4.06. The maximum Gasteiger partial charge on any atom is 0.307 e. The van der Waals surface area contributed by atoms with Crippen LogP contribution in [0.25, 0.3) is 0 Å². The molecule has 4 atom stereocenters. The summed E-state index contributed by atoms with van der Waals surface area (Å²) in [6.45, 7) is -0.531. The van der Waals surface area contributed by atoms with Gasteiger partial charge in [0.2, 0.25) is 0 Å². The number of hydrogen-bond donors (Lipinski definition) is 5. The van der Waals surface area contributed by atoms with E-state index >= 15 is 0 Å². The number of carbonyl (C=O) groups is 1. The highest BCUT2D eigenvalue weighted by Crippen LogP contribution is 2.29. The number of hydrogen-bond acceptors (Lipinski definition) is 6. The van der Waals surface area contributed by atoms with Crippen molar-refractivity contribution in [3.8, 4) is 0 Å². The van der Waals surface area contributed by atoms with E-state index in [1.807, 2.05) is 0 Å². The first kappa shape index (κ1) is 11.3. The Morgan fingerprint density at radius 1 is 1.50 bits per heavy atom. The van der Waals surface area contributed by atoms with Gasteiger partial charge in [-0.2, -0.15) is 0 Å². The number of carboxylic acids is 1. The first-order valence-electron chi connectivity index (χ1n) is 4.06. The normalized spacial score (nSPS) is 42.7. The molecule has 0 bridgehead atoms. The van der Waals surface area contributed by atoms with Crippen LogP contribution in [0.2, 0.25) is 0 Å². The maximum absolute atomic E-state index is 10.4. The van der Waals surface area contributed by atoms with Crippen LogP contribution in [-0.4, -0.2) is 57.0 Å². The van der Waals surface area contributed by atoms with Gasteiger partial charge in [-0.15, -0.1) is 0 Å². The SMILES string of the molecule is N[C@]1(CC(=O)O)O[C@H](CO)C(O)C1O. The molecule has 0 spiro atoms. The monoisotopic (exact) mass is 207 g/mol. The highest BCUT2D eigenvalue weighted by atomic mass is 16.6. The summed E-state index contributed by atoms with van der Waals surface area (Å²) < 4.78 is 4.88. The van der Waals surface area contributed by atoms with E-state index in [9.17, 15) is 15.0 Å². The standard InChI is InChI=1S/C7H13NO6/c8-7(1-4(10)11)6(13)5(12)3(2-9)14-7/h3,5-6,9,12-13H,1-2,8H2,(H,10,11)/t3-,5?,6?,7-/m1/s1. The zero-order chi connectivity index (χ0) is 10.9. The molecule has 6 N–H and O–H groups in total. The van der Waals surface area contributed by atoms with Gasteiger partial charge in [0, 0.05) is 0 Å². The summed E-state index contributed by atoms with van der Waals surface area (Å²) in [5.41, 5.74) is 3.60. The number of nitrogens with two attached hydrogens (primary N) is 1. The van der Waals surface area contributed by atoms with Crippen molar-refractivity contribution >= 4 is 5.97 Å². The van der Waals surface area contributed by atoms with E-state index in [4.69, 9.17) is 20.7 Å². The van der Waals surface area contributed by atoms with Crippen molar-refractivity contribution in [2.24, 2.45) is 5.73 Å². The molecule has 1 heterocycles. The van der Waals surface area contributed by atoms with Gasteiger partial charge >= 0.3 is 5.97 Å². The van der Waals surface area contributed by atoms with Crippen LogP contribution in [0, 0.1) is 0 Å². The van der Waals surface area contributed by atoms with Crippen LogP contribution < -0.4 is 5.73 Å². The summed E-state index contributed by atoms with van der Waals surface area (Å²) in [6.07, 6.45) is -4.57. The number of aliphatic carboxylic acids is 1. The fourth-order valence-corrected chi connectivity index (χ4v) is 1.44. The average molecular weight is 207 g/mol. The second-order valence-corrected chi connectivity index (χ2v) is 3.30. The van der Waals surface area contributed by atoms with Gasteiger partial charge in [0.1, 0.15) is 18.3 Å². The van der Waals surface area contributed by atoms with Gasteiger partial charge in [-0.3, -0.25) is 4.79 Å². The van der Waals surface area contributed by atoms with Crippen LogP contribution >= 0.6 is 0 Å². The van der Waals surface area contributed by atoms with Crippen molar-refractivity contribution in [3.05, 3.63) is 0 Å². The molecule has 0 aromatic heterocycles. The first-order chi connectivity index (χ1) is 6.40. The number of aliphatic hydroxyl groups excluding tert-OH is 3. The zero-order valence-electron chi connectivity index (χ0n) is 7.33. The Morgan fingerprint density at radius 3 is 2.43 bits per heavy atom. The molecule has 1 aliphatic rings. The zero-order valence-corrected chi connectivity index (χ0v) is 7.33. The fraction of sp³-hybridized carbons (Fsp3) is 0.857. The van der Waals surface area contributed by atoms with E-state index < -0.39 is 43.0 Å². The third-order valence-corrected chi connectivity index (χ3v) is 2.18. The number of ether oxygens (including phenoxy) is 1. The lowest BCUT2D eigenvalue weighted by Gasteiger charge is -2.25. The van der Waals surface area contributed by atoms with E-state index in [2.05, 4.69) is 0 Å². The smallest absolute Gasteiger partial charge is 0.307 e. The quantitative estimate of drug-likeness (QED) is 0.338. The van der Waals surface area contributed by atoms with E-state index in [0.717, 1.165) is 0 Å². The minimum absolute atomic E-state index is 0.531. The minimum atomic E-state index is -1.83. The lowest BCUT2D eigenvalue weighted by Crippen LogP contribution is -2.52. The van der Waals surface area contributed by atoms with Crippen molar-refractivity contribution in [2.75, 3.05) is 6.61 Å². The van der Waals surface area contributed by atoms with Crippen molar-refractivity contribution in [1.29, 1.82) is 0 Å². The summed E-state index contributed by atoms with van der Waals surface area (Å²) in [4.78, 5) is 10.4. The number of aliphatic hydroxyl groups is 3. The topological polar surface area (TPSA) is 133 Å². The molecule has 0 amide bonds. The van der Waals surface area contributed by atoms with E-state index in [1.54, 1.807) is 0 Å². The van der Waals surface area contributed by atoms with Crippen molar-refractivity contribution in [3.63, 3.8) is 0 Å². The van der Waals surface area contributed by atoms with Gasteiger partial charge in [-0.05, 0) is 0 Å². The van der Waals surface area contributed by atoms with Gasteiger partial charge in [-0.1, -0.05) is 0 Å². The highest BCUT2D eigenvalue weighted by Gasteiger charge is 2.52. The lowest BCUT2D eigenvalue weighted by atomic mass is 10.0. The predicted octanol–water partition coefficient (Wildman–Crippen LogP) is -2.77. The molecule has 0 saturated carbocycles. The highest BCUT2D eigenvalue weighted by molar-refractivity contribution is 5.68. The second kappa shape index (κ2) is 3.79. The molecule has 0 aromatic rings. The third-order valence-electron chi connectivity index (χ3n) is 2.18. The number of rotatable bonds is 3. The average Bonchev–Trinajstić information content (AvgIpc) is 2.29. The molecule has 14 heavy (non-hydrogen) atoms. The predicted molar refractivity (Wildman–Crippen MR) is 43.1 cm³/mol. The lowest BCUT2D eigenvalue weighted by molar-refractivity contribution is -0.150. The molecular weight excluding hydrogens is 194 g/mol. The van der Waals surface area contributed by atoms with E-state index in [0.29, 0.717) is 0 Å². The molecule has 7 heteroatoms. The molecular formula is C7H13NO6. The van der Waals surface area contributed by atoms with Crippen LogP contribution in [0.3, 0.4) is 0 Å². The van der Waals surface area contributed by atoms with Gasteiger partial charge in [0.15, 0.2) is 5.72 Å². The molecule has 82 valence electrons. The molecule has 0 aliphatic carbocycles. The number of carboxylic acid groups (broad SMARTS) is 1. The molecule has 1 aliphatic heterocycles. The Hall–Kier alpha value is -0.730. The molecule has 0 aromatic carbocycles. The van der Waals surface area contributed by atoms with Crippen LogP contribution in [-0.2, 0) is 9.53 Å². The van der Waals surface area contributed by atoms with Crippen molar-refractivity contribution < 1.29 is 30.0 Å². The summed E-state index contributed by atoms with van der Waals surface area (Å²) in [6, 6.07) is 0. The Bertz CT molecular complexity index is 234. The molecule has 1 fully saturated rings. The van der Waals surface area contributed by atoms with E-state index in [-0.39, 0.29) is 0 Å². The Balaban J connectivity index is 2.76. The molecule has 7 nitrogen and oxygen atoms in total. The van der Waals surface area contributed by atoms with Crippen LogP contribution in [0.15, 0.2) is 0 Å². The molecule has 1 rings (SSSR count). The van der Waals surface area contributed by atoms with Gasteiger partial charge < -0.3 is 30.9 Å². The summed E-state index contributed by atoms with van der Waals surface area (Å²) in [5.74, 6) is -1.25. The molecule has 1 saturated heterocycles. The maximum atomic E-state index is 10.4. The largest absolute Gasteiger partial charge is 0.481 e. The Morgan fingerprint density at radius 2 is 2.07 bits per heavy atom. The third kappa shape index (κ3) is 1.86. The summed E-state index contributed by atoms with van der Waals surface area (Å²) in [7, 11) is 0. The molecule has 0 radical (unpaired) electrons. The van der Waals surface area contributed by atoms with Gasteiger partial charge in [0.05, 0.1) is 13.0 Å².